The van der Waals surface area contributed by atoms with Crippen molar-refractivity contribution in [3.05, 3.63) is 96.6 Å². The van der Waals surface area contributed by atoms with Gasteiger partial charge in [0, 0.05) is 12.4 Å². The summed E-state index contributed by atoms with van der Waals surface area (Å²) in [6.07, 6.45) is 4.34. The topological polar surface area (TPSA) is 67.6 Å². The van der Waals surface area contributed by atoms with Crippen LogP contribution in [0, 0.1) is 0 Å². The normalized spacial score (nSPS) is 12.5. The molecule has 0 aliphatic carbocycles. The first-order chi connectivity index (χ1) is 13.8. The summed E-state index contributed by atoms with van der Waals surface area (Å²) >= 11 is 0. The van der Waals surface area contributed by atoms with E-state index in [1.807, 2.05) is 12.1 Å². The van der Waals surface area contributed by atoms with Crippen molar-refractivity contribution in [3.63, 3.8) is 0 Å². The van der Waals surface area contributed by atoms with Gasteiger partial charge in [-0.2, -0.15) is 0 Å². The molecule has 0 aliphatic heterocycles. The number of aromatic nitrogens is 3. The molecule has 2 heterocycles. The molecule has 0 saturated heterocycles. The van der Waals surface area contributed by atoms with Crippen molar-refractivity contribution in [2.45, 2.75) is 12.5 Å². The van der Waals surface area contributed by atoms with Crippen LogP contribution in [0.1, 0.15) is 17.4 Å². The average Bonchev–Trinajstić information content (AvgIpc) is 3.18. The maximum atomic E-state index is 6.48. The number of benzene rings is 3. The molecule has 28 heavy (non-hydrogen) atoms. The molecule has 136 valence electrons. The second kappa shape index (κ2) is 6.91. The van der Waals surface area contributed by atoms with Crippen LogP contribution in [-0.2, 0) is 6.42 Å². The SMILES string of the molecule is N[C@H](Cc1ccc2ccccc2c1)c1nc2cc(-c3ccncc3)ccc2[nH]1. The number of imidazole rings is 1. The number of pyridine rings is 1. The highest BCUT2D eigenvalue weighted by Crippen LogP contribution is 2.25. The van der Waals surface area contributed by atoms with Crippen molar-refractivity contribution in [2.75, 3.05) is 0 Å². The van der Waals surface area contributed by atoms with Crippen LogP contribution in [0.25, 0.3) is 32.9 Å². The second-order valence-corrected chi connectivity index (χ2v) is 7.08. The van der Waals surface area contributed by atoms with Crippen LogP contribution in [0.2, 0.25) is 0 Å². The molecule has 5 rings (SSSR count). The smallest absolute Gasteiger partial charge is 0.124 e. The minimum absolute atomic E-state index is 0.182. The third kappa shape index (κ3) is 3.15. The van der Waals surface area contributed by atoms with E-state index in [1.54, 1.807) is 12.4 Å². The van der Waals surface area contributed by atoms with Crippen molar-refractivity contribution in [3.8, 4) is 11.1 Å². The van der Waals surface area contributed by atoms with Crippen LogP contribution in [0.4, 0.5) is 0 Å². The molecule has 3 aromatic carbocycles. The van der Waals surface area contributed by atoms with Crippen molar-refractivity contribution < 1.29 is 0 Å². The molecule has 4 heteroatoms. The highest BCUT2D eigenvalue weighted by molar-refractivity contribution is 5.83. The fourth-order valence-corrected chi connectivity index (χ4v) is 3.64. The molecule has 0 saturated carbocycles. The van der Waals surface area contributed by atoms with E-state index in [2.05, 4.69) is 70.6 Å². The van der Waals surface area contributed by atoms with Gasteiger partial charge in [0.05, 0.1) is 17.1 Å². The third-order valence-corrected chi connectivity index (χ3v) is 5.14. The van der Waals surface area contributed by atoms with Gasteiger partial charge in [0.25, 0.3) is 0 Å². The maximum Gasteiger partial charge on any atom is 0.124 e. The standard InChI is InChI=1S/C24H20N4/c25-21(14-16-5-6-17-3-1-2-4-19(17)13-16)24-27-22-8-7-20(15-23(22)28-24)18-9-11-26-12-10-18/h1-13,15,21H,14,25H2,(H,27,28)/t21-/m1/s1. The van der Waals surface area contributed by atoms with Crippen molar-refractivity contribution in [2.24, 2.45) is 5.73 Å². The predicted molar refractivity (Wildman–Crippen MR) is 114 cm³/mol. The molecule has 3 N–H and O–H groups in total. The average molecular weight is 364 g/mol. The number of nitrogens with zero attached hydrogens (tertiary/aromatic N) is 2. The molecule has 4 nitrogen and oxygen atoms in total. The molecule has 0 aliphatic rings. The van der Waals surface area contributed by atoms with E-state index in [9.17, 15) is 0 Å². The lowest BCUT2D eigenvalue weighted by atomic mass is 10.0. The molecule has 0 bridgehead atoms. The largest absolute Gasteiger partial charge is 0.341 e. The van der Waals surface area contributed by atoms with Crippen LogP contribution in [0.5, 0.6) is 0 Å². The molecule has 5 aromatic rings. The highest BCUT2D eigenvalue weighted by atomic mass is 15.0. The Bertz CT molecular complexity index is 1260. The lowest BCUT2D eigenvalue weighted by molar-refractivity contribution is 0.681. The van der Waals surface area contributed by atoms with Gasteiger partial charge in [-0.15, -0.1) is 0 Å². The summed E-state index contributed by atoms with van der Waals surface area (Å²) < 4.78 is 0. The van der Waals surface area contributed by atoms with Crippen molar-refractivity contribution >= 4 is 21.8 Å². The first kappa shape index (κ1) is 16.7. The van der Waals surface area contributed by atoms with E-state index in [4.69, 9.17) is 10.7 Å². The Hall–Kier alpha value is -3.50. The molecule has 1 atom stereocenters. The number of rotatable bonds is 4. The van der Waals surface area contributed by atoms with Crippen LogP contribution < -0.4 is 5.73 Å². The lowest BCUT2D eigenvalue weighted by Gasteiger charge is -2.09. The van der Waals surface area contributed by atoms with E-state index in [0.717, 1.165) is 34.4 Å². The molecule has 0 spiro atoms. The Balaban J connectivity index is 1.43. The summed E-state index contributed by atoms with van der Waals surface area (Å²) in [7, 11) is 0. The summed E-state index contributed by atoms with van der Waals surface area (Å²) in [6, 6.07) is 24.9. The highest BCUT2D eigenvalue weighted by Gasteiger charge is 2.13. The van der Waals surface area contributed by atoms with Gasteiger partial charge in [-0.05, 0) is 58.1 Å². The van der Waals surface area contributed by atoms with E-state index in [1.165, 1.54) is 16.3 Å². The number of H-pyrrole nitrogens is 1. The second-order valence-electron chi connectivity index (χ2n) is 7.08. The van der Waals surface area contributed by atoms with Gasteiger partial charge in [-0.25, -0.2) is 4.98 Å². The van der Waals surface area contributed by atoms with Crippen LogP contribution in [0.3, 0.4) is 0 Å². The van der Waals surface area contributed by atoms with Crippen LogP contribution >= 0.6 is 0 Å². The molecule has 0 fully saturated rings. The van der Waals surface area contributed by atoms with Crippen molar-refractivity contribution in [1.82, 2.24) is 15.0 Å². The first-order valence-electron chi connectivity index (χ1n) is 9.39. The minimum atomic E-state index is -0.182. The number of hydrogen-bond acceptors (Lipinski definition) is 3. The van der Waals surface area contributed by atoms with Crippen LogP contribution in [-0.4, -0.2) is 15.0 Å². The quantitative estimate of drug-likeness (QED) is 0.470. The summed E-state index contributed by atoms with van der Waals surface area (Å²) in [5.41, 5.74) is 11.9. The molecule has 2 aromatic heterocycles. The summed E-state index contributed by atoms with van der Waals surface area (Å²) in [5, 5.41) is 2.48. The van der Waals surface area contributed by atoms with Gasteiger partial charge < -0.3 is 10.7 Å². The molecule has 0 unspecified atom stereocenters. The van der Waals surface area contributed by atoms with Gasteiger partial charge in [-0.1, -0.05) is 48.5 Å². The van der Waals surface area contributed by atoms with Crippen LogP contribution in [0.15, 0.2) is 85.2 Å². The Morgan fingerprint density at radius 3 is 2.50 bits per heavy atom. The zero-order valence-corrected chi connectivity index (χ0v) is 15.3. The fraction of sp³-hybridized carbons (Fsp3) is 0.0833. The van der Waals surface area contributed by atoms with Gasteiger partial charge in [-0.3, -0.25) is 4.98 Å². The van der Waals surface area contributed by atoms with Gasteiger partial charge >= 0.3 is 0 Å². The molecule has 0 radical (unpaired) electrons. The molecular weight excluding hydrogens is 344 g/mol. The predicted octanol–water partition coefficient (Wildman–Crippen LogP) is 5.02. The van der Waals surface area contributed by atoms with Gasteiger partial charge in [0.15, 0.2) is 0 Å². The maximum absolute atomic E-state index is 6.48. The summed E-state index contributed by atoms with van der Waals surface area (Å²) in [4.78, 5) is 12.2. The Labute approximate surface area is 163 Å². The van der Waals surface area contributed by atoms with E-state index < -0.39 is 0 Å². The Morgan fingerprint density at radius 1 is 0.821 bits per heavy atom. The van der Waals surface area contributed by atoms with E-state index in [0.29, 0.717) is 0 Å². The zero-order chi connectivity index (χ0) is 18.9. The lowest BCUT2D eigenvalue weighted by Crippen LogP contribution is -2.14. The summed E-state index contributed by atoms with van der Waals surface area (Å²) in [5.74, 6) is 0.815. The monoisotopic (exact) mass is 364 g/mol. The molecular formula is C24H20N4. The van der Waals surface area contributed by atoms with E-state index in [-0.39, 0.29) is 6.04 Å². The number of aromatic amines is 1. The van der Waals surface area contributed by atoms with Gasteiger partial charge in [0.2, 0.25) is 0 Å². The van der Waals surface area contributed by atoms with Crippen molar-refractivity contribution in [1.29, 1.82) is 0 Å². The Kier molecular flexibility index (Phi) is 4.11. The number of nitrogens with one attached hydrogen (secondary N) is 1. The third-order valence-electron chi connectivity index (χ3n) is 5.14. The summed E-state index contributed by atoms with van der Waals surface area (Å²) in [6.45, 7) is 0. The number of hydrogen-bond donors (Lipinski definition) is 2. The minimum Gasteiger partial charge on any atom is -0.341 e. The number of nitrogens with two attached hydrogens (primary N) is 1. The zero-order valence-electron chi connectivity index (χ0n) is 15.3. The molecule has 0 amide bonds. The fourth-order valence-electron chi connectivity index (χ4n) is 3.64. The van der Waals surface area contributed by atoms with Gasteiger partial charge in [0.1, 0.15) is 5.82 Å². The van der Waals surface area contributed by atoms with E-state index >= 15 is 0 Å². The number of fused-ring (bicyclic) bond motifs is 2. The first-order valence-corrected chi connectivity index (χ1v) is 9.39. The Morgan fingerprint density at radius 2 is 1.64 bits per heavy atom.